The fourth-order valence-corrected chi connectivity index (χ4v) is 1.65. The zero-order valence-corrected chi connectivity index (χ0v) is 10.6. The summed E-state index contributed by atoms with van der Waals surface area (Å²) in [5.41, 5.74) is 2.66. The van der Waals surface area contributed by atoms with Gasteiger partial charge in [0.2, 0.25) is 0 Å². The van der Waals surface area contributed by atoms with Gasteiger partial charge >= 0.3 is 0 Å². The number of benzene rings is 1. The van der Waals surface area contributed by atoms with E-state index in [0.717, 1.165) is 26.2 Å². The maximum absolute atomic E-state index is 5.43. The predicted molar refractivity (Wildman–Crippen MR) is 68.7 cm³/mol. The van der Waals surface area contributed by atoms with Crippen LogP contribution in [0.5, 0.6) is 0 Å². The zero-order valence-electron chi connectivity index (χ0n) is 10.6. The summed E-state index contributed by atoms with van der Waals surface area (Å²) >= 11 is 0. The molecule has 2 nitrogen and oxygen atoms in total. The number of hydrogen-bond acceptors (Lipinski definition) is 2. The van der Waals surface area contributed by atoms with E-state index in [4.69, 9.17) is 4.74 Å². The van der Waals surface area contributed by atoms with E-state index in [0.29, 0.717) is 6.04 Å². The topological polar surface area (TPSA) is 21.3 Å². The van der Waals surface area contributed by atoms with Crippen LogP contribution in [0.2, 0.25) is 0 Å². The fourth-order valence-electron chi connectivity index (χ4n) is 1.65. The van der Waals surface area contributed by atoms with Crippen molar-refractivity contribution in [3.05, 3.63) is 35.4 Å². The molecule has 1 N–H and O–H groups in total. The molecule has 1 atom stereocenters. The lowest BCUT2D eigenvalue weighted by Crippen LogP contribution is -2.23. The van der Waals surface area contributed by atoms with Crippen LogP contribution >= 0.6 is 0 Å². The van der Waals surface area contributed by atoms with Crippen LogP contribution in [0.1, 0.15) is 37.4 Å². The van der Waals surface area contributed by atoms with E-state index >= 15 is 0 Å². The van der Waals surface area contributed by atoms with E-state index < -0.39 is 0 Å². The summed E-state index contributed by atoms with van der Waals surface area (Å²) in [5.74, 6) is 0. The van der Waals surface area contributed by atoms with Gasteiger partial charge in [0.05, 0.1) is 6.61 Å². The molecule has 1 rings (SSSR count). The number of ether oxygens (including phenoxy) is 1. The van der Waals surface area contributed by atoms with Gasteiger partial charge in [0.15, 0.2) is 0 Å². The predicted octanol–water partition coefficient (Wildman–Crippen LogP) is 3.07. The van der Waals surface area contributed by atoms with Crippen molar-refractivity contribution >= 4 is 0 Å². The van der Waals surface area contributed by atoms with Gasteiger partial charge in [0.25, 0.3) is 0 Å². The molecule has 0 aromatic heterocycles. The van der Waals surface area contributed by atoms with Crippen LogP contribution in [-0.4, -0.2) is 19.8 Å². The van der Waals surface area contributed by atoms with Crippen molar-refractivity contribution in [1.29, 1.82) is 0 Å². The molecule has 0 saturated carbocycles. The van der Waals surface area contributed by atoms with Gasteiger partial charge in [-0.3, -0.25) is 0 Å². The van der Waals surface area contributed by atoms with Crippen molar-refractivity contribution in [2.45, 2.75) is 33.2 Å². The van der Waals surface area contributed by atoms with Gasteiger partial charge in [0, 0.05) is 19.2 Å². The van der Waals surface area contributed by atoms with Crippen molar-refractivity contribution < 1.29 is 4.74 Å². The fraction of sp³-hybridized carbons (Fsp3) is 0.571. The standard InChI is InChI=1S/C14H23NO/c1-4-9-16-10-8-15-13(3)14-7-5-6-12(2)11-14/h5-7,11,13,15H,4,8-10H2,1-3H3/t13-/m1/s1. The summed E-state index contributed by atoms with van der Waals surface area (Å²) < 4.78 is 5.43. The summed E-state index contributed by atoms with van der Waals surface area (Å²) in [5, 5.41) is 3.46. The van der Waals surface area contributed by atoms with Crippen molar-refractivity contribution in [3.8, 4) is 0 Å². The van der Waals surface area contributed by atoms with Crippen LogP contribution in [0.25, 0.3) is 0 Å². The molecule has 0 aliphatic carbocycles. The maximum Gasteiger partial charge on any atom is 0.0591 e. The normalized spacial score (nSPS) is 12.7. The first-order valence-electron chi connectivity index (χ1n) is 6.11. The molecular weight excluding hydrogens is 198 g/mol. The van der Waals surface area contributed by atoms with Gasteiger partial charge in [0.1, 0.15) is 0 Å². The zero-order chi connectivity index (χ0) is 11.8. The average Bonchev–Trinajstić information content (AvgIpc) is 2.28. The molecule has 0 fully saturated rings. The number of rotatable bonds is 7. The Balaban J connectivity index is 2.27. The first-order valence-corrected chi connectivity index (χ1v) is 6.11. The Labute approximate surface area is 99.0 Å². The summed E-state index contributed by atoms with van der Waals surface area (Å²) in [6, 6.07) is 9.02. The summed E-state index contributed by atoms with van der Waals surface area (Å²) in [7, 11) is 0. The molecule has 16 heavy (non-hydrogen) atoms. The van der Waals surface area contributed by atoms with E-state index in [2.05, 4.69) is 50.4 Å². The lowest BCUT2D eigenvalue weighted by molar-refractivity contribution is 0.135. The third-order valence-electron chi connectivity index (χ3n) is 2.59. The molecule has 1 aromatic carbocycles. The molecule has 0 bridgehead atoms. The Hall–Kier alpha value is -0.860. The molecule has 0 spiro atoms. The second-order valence-corrected chi connectivity index (χ2v) is 4.20. The third-order valence-corrected chi connectivity index (χ3v) is 2.59. The van der Waals surface area contributed by atoms with Crippen LogP contribution in [0.3, 0.4) is 0 Å². The van der Waals surface area contributed by atoms with Crippen LogP contribution in [0.15, 0.2) is 24.3 Å². The monoisotopic (exact) mass is 221 g/mol. The summed E-state index contributed by atoms with van der Waals surface area (Å²) in [6.45, 7) is 9.01. The molecule has 0 saturated heterocycles. The van der Waals surface area contributed by atoms with Crippen LogP contribution < -0.4 is 5.32 Å². The second kappa shape index (κ2) is 7.42. The van der Waals surface area contributed by atoms with Gasteiger partial charge in [-0.1, -0.05) is 36.8 Å². The Morgan fingerprint density at radius 2 is 2.12 bits per heavy atom. The van der Waals surface area contributed by atoms with Crippen molar-refractivity contribution in [2.75, 3.05) is 19.8 Å². The smallest absolute Gasteiger partial charge is 0.0591 e. The van der Waals surface area contributed by atoms with Crippen molar-refractivity contribution in [3.63, 3.8) is 0 Å². The molecule has 1 aromatic rings. The lowest BCUT2D eigenvalue weighted by Gasteiger charge is -2.14. The van der Waals surface area contributed by atoms with E-state index in [9.17, 15) is 0 Å². The number of nitrogens with one attached hydrogen (secondary N) is 1. The minimum absolute atomic E-state index is 0.394. The third kappa shape index (κ3) is 4.77. The molecule has 90 valence electrons. The number of hydrogen-bond donors (Lipinski definition) is 1. The highest BCUT2D eigenvalue weighted by atomic mass is 16.5. The van der Waals surface area contributed by atoms with Gasteiger partial charge < -0.3 is 10.1 Å². The van der Waals surface area contributed by atoms with E-state index in [1.54, 1.807) is 0 Å². The second-order valence-electron chi connectivity index (χ2n) is 4.20. The van der Waals surface area contributed by atoms with Gasteiger partial charge in [-0.15, -0.1) is 0 Å². The first-order chi connectivity index (χ1) is 7.74. The molecule has 0 amide bonds. The highest BCUT2D eigenvalue weighted by Gasteiger charge is 2.03. The molecule has 0 aliphatic rings. The van der Waals surface area contributed by atoms with E-state index in [1.165, 1.54) is 11.1 Å². The average molecular weight is 221 g/mol. The molecule has 2 heteroatoms. The van der Waals surface area contributed by atoms with E-state index in [1.807, 2.05) is 0 Å². The van der Waals surface area contributed by atoms with Crippen molar-refractivity contribution in [2.24, 2.45) is 0 Å². The van der Waals surface area contributed by atoms with Crippen molar-refractivity contribution in [1.82, 2.24) is 5.32 Å². The SMILES string of the molecule is CCCOCCN[C@H](C)c1cccc(C)c1. The highest BCUT2D eigenvalue weighted by molar-refractivity contribution is 5.24. The van der Waals surface area contributed by atoms with Gasteiger partial charge in [-0.2, -0.15) is 0 Å². The Morgan fingerprint density at radius 1 is 1.31 bits per heavy atom. The first kappa shape index (κ1) is 13.2. The molecule has 0 heterocycles. The maximum atomic E-state index is 5.43. The Morgan fingerprint density at radius 3 is 2.81 bits per heavy atom. The molecule has 0 unspecified atom stereocenters. The minimum atomic E-state index is 0.394. The lowest BCUT2D eigenvalue weighted by atomic mass is 10.1. The van der Waals surface area contributed by atoms with Crippen LogP contribution in [0, 0.1) is 6.92 Å². The highest BCUT2D eigenvalue weighted by Crippen LogP contribution is 2.13. The minimum Gasteiger partial charge on any atom is -0.380 e. The summed E-state index contributed by atoms with van der Waals surface area (Å²) in [4.78, 5) is 0. The van der Waals surface area contributed by atoms with Crippen LogP contribution in [0.4, 0.5) is 0 Å². The molecule has 0 radical (unpaired) electrons. The Bertz CT molecular complexity index is 299. The molecular formula is C14H23NO. The van der Waals surface area contributed by atoms with Gasteiger partial charge in [-0.05, 0) is 25.8 Å². The molecule has 0 aliphatic heterocycles. The summed E-state index contributed by atoms with van der Waals surface area (Å²) in [6.07, 6.45) is 1.09. The largest absolute Gasteiger partial charge is 0.380 e. The van der Waals surface area contributed by atoms with Gasteiger partial charge in [-0.25, -0.2) is 0 Å². The van der Waals surface area contributed by atoms with E-state index in [-0.39, 0.29) is 0 Å². The van der Waals surface area contributed by atoms with Crippen LogP contribution in [-0.2, 0) is 4.74 Å². The quantitative estimate of drug-likeness (QED) is 0.714. The Kier molecular flexibility index (Phi) is 6.12. The number of aryl methyl sites for hydroxylation is 1.